The molecule has 7 heteroatoms. The van der Waals surface area contributed by atoms with Gasteiger partial charge in [-0.25, -0.2) is 4.52 Å². The van der Waals surface area contributed by atoms with Crippen LogP contribution in [0.2, 0.25) is 0 Å². The topological polar surface area (TPSA) is 63.3 Å². The first kappa shape index (κ1) is 10.8. The van der Waals surface area contributed by atoms with Crippen LogP contribution in [0.1, 0.15) is 23.6 Å². The number of aromatic nitrogens is 4. The SMILES string of the molecule is Cc1c(C(C)O)sc2nc(-c3cncs3)nn12. The van der Waals surface area contributed by atoms with Gasteiger partial charge >= 0.3 is 0 Å². The number of hydrogen-bond donors (Lipinski definition) is 1. The molecule has 0 radical (unpaired) electrons. The van der Waals surface area contributed by atoms with Gasteiger partial charge in [0.25, 0.3) is 0 Å². The van der Waals surface area contributed by atoms with Crippen LogP contribution in [-0.4, -0.2) is 24.7 Å². The zero-order chi connectivity index (χ0) is 12.0. The number of nitrogens with zero attached hydrogens (tertiary/aromatic N) is 4. The predicted molar refractivity (Wildman–Crippen MR) is 67.3 cm³/mol. The fourth-order valence-electron chi connectivity index (χ4n) is 1.68. The van der Waals surface area contributed by atoms with Gasteiger partial charge in [0.1, 0.15) is 0 Å². The summed E-state index contributed by atoms with van der Waals surface area (Å²) in [5.41, 5.74) is 2.71. The Morgan fingerprint density at radius 1 is 1.47 bits per heavy atom. The molecule has 3 aromatic rings. The van der Waals surface area contributed by atoms with Crippen LogP contribution in [0.15, 0.2) is 11.7 Å². The maximum Gasteiger partial charge on any atom is 0.213 e. The molecule has 0 amide bonds. The van der Waals surface area contributed by atoms with Crippen molar-refractivity contribution in [3.05, 3.63) is 22.3 Å². The highest BCUT2D eigenvalue weighted by Gasteiger charge is 2.17. The largest absolute Gasteiger partial charge is 0.388 e. The highest BCUT2D eigenvalue weighted by molar-refractivity contribution is 7.17. The highest BCUT2D eigenvalue weighted by atomic mass is 32.1. The Bertz CT molecular complexity index is 653. The van der Waals surface area contributed by atoms with Crippen molar-refractivity contribution < 1.29 is 5.11 Å². The molecule has 0 saturated carbocycles. The molecule has 0 aromatic carbocycles. The van der Waals surface area contributed by atoms with Gasteiger partial charge in [0.05, 0.1) is 27.1 Å². The van der Waals surface area contributed by atoms with Crippen molar-refractivity contribution in [3.8, 4) is 10.7 Å². The molecule has 0 aliphatic carbocycles. The molecule has 0 aliphatic rings. The Hall–Kier alpha value is -1.31. The van der Waals surface area contributed by atoms with E-state index < -0.39 is 6.10 Å². The lowest BCUT2D eigenvalue weighted by atomic mass is 10.3. The number of fused-ring (bicyclic) bond motifs is 1. The second-order valence-electron chi connectivity index (χ2n) is 3.72. The van der Waals surface area contributed by atoms with Crippen molar-refractivity contribution in [2.75, 3.05) is 0 Å². The molecule has 17 heavy (non-hydrogen) atoms. The zero-order valence-corrected chi connectivity index (χ0v) is 10.9. The van der Waals surface area contributed by atoms with Gasteiger partial charge < -0.3 is 5.11 Å². The maximum absolute atomic E-state index is 9.61. The minimum Gasteiger partial charge on any atom is -0.388 e. The standard InChI is InChI=1S/C10H10N4OS2/c1-5-8(6(2)15)17-10-12-9(13-14(5)10)7-3-11-4-16-7/h3-4,6,15H,1-2H3. The maximum atomic E-state index is 9.61. The Labute approximate surface area is 105 Å². The summed E-state index contributed by atoms with van der Waals surface area (Å²) in [5.74, 6) is 0.694. The van der Waals surface area contributed by atoms with Gasteiger partial charge in [0.2, 0.25) is 4.96 Å². The molecule has 0 aliphatic heterocycles. The van der Waals surface area contributed by atoms with Crippen molar-refractivity contribution in [3.63, 3.8) is 0 Å². The van der Waals surface area contributed by atoms with Gasteiger partial charge in [-0.1, -0.05) is 11.3 Å². The fraction of sp³-hybridized carbons (Fsp3) is 0.300. The first-order valence-electron chi connectivity index (χ1n) is 5.10. The van der Waals surface area contributed by atoms with E-state index in [2.05, 4.69) is 15.1 Å². The number of aryl methyl sites for hydroxylation is 1. The molecule has 3 heterocycles. The van der Waals surface area contributed by atoms with Crippen molar-refractivity contribution >= 4 is 27.6 Å². The number of aliphatic hydroxyl groups is 1. The van der Waals surface area contributed by atoms with Gasteiger partial charge in [-0.15, -0.1) is 16.4 Å². The third-order valence-corrected chi connectivity index (χ3v) is 4.56. The lowest BCUT2D eigenvalue weighted by Gasteiger charge is -2.00. The molecule has 1 unspecified atom stereocenters. The number of hydrogen-bond acceptors (Lipinski definition) is 6. The van der Waals surface area contributed by atoms with Crippen LogP contribution in [0, 0.1) is 6.92 Å². The lowest BCUT2D eigenvalue weighted by molar-refractivity contribution is 0.202. The first-order valence-corrected chi connectivity index (χ1v) is 6.79. The third-order valence-electron chi connectivity index (χ3n) is 2.49. The molecule has 0 saturated heterocycles. The summed E-state index contributed by atoms with van der Waals surface area (Å²) in [6.45, 7) is 3.69. The summed E-state index contributed by atoms with van der Waals surface area (Å²) in [4.78, 5) is 11.1. The Kier molecular flexibility index (Phi) is 2.46. The van der Waals surface area contributed by atoms with Gasteiger partial charge in [-0.3, -0.25) is 4.98 Å². The summed E-state index contributed by atoms with van der Waals surface area (Å²) in [5, 5.41) is 14.0. The van der Waals surface area contributed by atoms with Crippen LogP contribution in [0.25, 0.3) is 15.7 Å². The number of thiazole rings is 2. The van der Waals surface area contributed by atoms with Crippen LogP contribution in [0.4, 0.5) is 0 Å². The van der Waals surface area contributed by atoms with Gasteiger partial charge in [0, 0.05) is 6.20 Å². The van der Waals surface area contributed by atoms with Crippen LogP contribution in [0.5, 0.6) is 0 Å². The van der Waals surface area contributed by atoms with Crippen molar-refractivity contribution in [1.82, 2.24) is 19.6 Å². The van der Waals surface area contributed by atoms with Crippen molar-refractivity contribution in [2.45, 2.75) is 20.0 Å². The van der Waals surface area contributed by atoms with E-state index in [0.29, 0.717) is 5.82 Å². The van der Waals surface area contributed by atoms with Gasteiger partial charge in [-0.2, -0.15) is 4.98 Å². The molecule has 0 spiro atoms. The van der Waals surface area contributed by atoms with Gasteiger partial charge in [-0.05, 0) is 13.8 Å². The predicted octanol–water partition coefficient (Wildman–Crippen LogP) is 2.28. The quantitative estimate of drug-likeness (QED) is 0.773. The minimum absolute atomic E-state index is 0.477. The van der Waals surface area contributed by atoms with Gasteiger partial charge in [0.15, 0.2) is 5.82 Å². The van der Waals surface area contributed by atoms with E-state index in [1.165, 1.54) is 22.7 Å². The highest BCUT2D eigenvalue weighted by Crippen LogP contribution is 2.29. The van der Waals surface area contributed by atoms with Crippen LogP contribution < -0.4 is 0 Å². The fourth-order valence-corrected chi connectivity index (χ4v) is 3.22. The average Bonchev–Trinajstić information content (AvgIpc) is 2.94. The average molecular weight is 266 g/mol. The van der Waals surface area contributed by atoms with Crippen LogP contribution in [0.3, 0.4) is 0 Å². The molecule has 1 N–H and O–H groups in total. The Morgan fingerprint density at radius 3 is 2.88 bits per heavy atom. The van der Waals surface area contributed by atoms with Crippen molar-refractivity contribution in [1.29, 1.82) is 0 Å². The van der Waals surface area contributed by atoms with E-state index in [9.17, 15) is 5.11 Å². The molecule has 5 nitrogen and oxygen atoms in total. The van der Waals surface area contributed by atoms with Crippen LogP contribution in [-0.2, 0) is 0 Å². The van der Waals surface area contributed by atoms with Crippen molar-refractivity contribution in [2.24, 2.45) is 0 Å². The summed E-state index contributed by atoms with van der Waals surface area (Å²) in [6, 6.07) is 0. The smallest absolute Gasteiger partial charge is 0.213 e. The molecule has 0 fully saturated rings. The van der Waals surface area contributed by atoms with E-state index in [1.54, 1.807) is 23.1 Å². The minimum atomic E-state index is -0.477. The zero-order valence-electron chi connectivity index (χ0n) is 9.28. The third kappa shape index (κ3) is 1.67. The van der Waals surface area contributed by atoms with E-state index in [0.717, 1.165) is 20.4 Å². The van der Waals surface area contributed by atoms with E-state index >= 15 is 0 Å². The second kappa shape index (κ2) is 3.86. The summed E-state index contributed by atoms with van der Waals surface area (Å²) in [7, 11) is 0. The Morgan fingerprint density at radius 2 is 2.29 bits per heavy atom. The molecule has 0 bridgehead atoms. The van der Waals surface area contributed by atoms with E-state index in [4.69, 9.17) is 0 Å². The number of aliphatic hydroxyl groups excluding tert-OH is 1. The summed E-state index contributed by atoms with van der Waals surface area (Å²) >= 11 is 2.99. The molecule has 3 aromatic heterocycles. The second-order valence-corrected chi connectivity index (χ2v) is 5.62. The Balaban J connectivity index is 2.16. The normalized spacial score (nSPS) is 13.4. The van der Waals surface area contributed by atoms with E-state index in [-0.39, 0.29) is 0 Å². The van der Waals surface area contributed by atoms with Crippen LogP contribution >= 0.6 is 22.7 Å². The monoisotopic (exact) mass is 266 g/mol. The molecule has 88 valence electrons. The van der Waals surface area contributed by atoms with E-state index in [1.807, 2.05) is 6.92 Å². The molecular formula is C10H10N4OS2. The molecule has 3 rings (SSSR count). The number of rotatable bonds is 2. The lowest BCUT2D eigenvalue weighted by Crippen LogP contribution is -1.94. The first-order chi connectivity index (χ1) is 8.16. The summed E-state index contributed by atoms with van der Waals surface area (Å²) in [6.07, 6.45) is 1.28. The molecular weight excluding hydrogens is 256 g/mol. The molecule has 1 atom stereocenters. The summed E-state index contributed by atoms with van der Waals surface area (Å²) < 4.78 is 1.78.